The second-order valence-corrected chi connectivity index (χ2v) is 5.81. The quantitative estimate of drug-likeness (QED) is 0.578. The molecule has 1 atom stereocenters. The Morgan fingerprint density at radius 2 is 1.53 bits per heavy atom. The lowest BCUT2D eigenvalue weighted by Crippen LogP contribution is -2.38. The normalized spacial score (nSPS) is 24.4. The molecule has 1 fully saturated rings. The molecule has 1 aliphatic rings. The number of ether oxygens (including phenoxy) is 1. The van der Waals surface area contributed by atoms with E-state index in [0.717, 1.165) is 13.3 Å². The lowest BCUT2D eigenvalue weighted by Gasteiger charge is -2.21. The van der Waals surface area contributed by atoms with Crippen molar-refractivity contribution in [1.82, 2.24) is 5.32 Å². The van der Waals surface area contributed by atoms with E-state index in [2.05, 4.69) is 19.2 Å². The Morgan fingerprint density at radius 3 is 2.06 bits per heavy atom. The highest BCUT2D eigenvalue weighted by Gasteiger charge is 2.27. The lowest BCUT2D eigenvalue weighted by molar-refractivity contribution is 0.176. The third kappa shape index (κ3) is 7.05. The molecule has 1 N–H and O–H groups in total. The van der Waals surface area contributed by atoms with Gasteiger partial charge in [-0.2, -0.15) is 0 Å². The van der Waals surface area contributed by atoms with Gasteiger partial charge in [0.25, 0.3) is 0 Å². The van der Waals surface area contributed by atoms with Crippen LogP contribution in [-0.4, -0.2) is 18.9 Å². The molecule has 0 saturated carbocycles. The minimum atomic E-state index is 0.265. The lowest BCUT2D eigenvalue weighted by atomic mass is 9.95. The van der Waals surface area contributed by atoms with Gasteiger partial charge in [-0.25, -0.2) is 0 Å². The number of hydrogen-bond acceptors (Lipinski definition) is 2. The third-order valence-corrected chi connectivity index (χ3v) is 3.85. The average molecular weight is 241 g/mol. The molecule has 1 aliphatic heterocycles. The van der Waals surface area contributed by atoms with Gasteiger partial charge in [0.05, 0.1) is 13.3 Å². The number of unbranched alkanes of at least 4 members (excludes halogenated alkanes) is 8. The molecule has 1 saturated heterocycles. The van der Waals surface area contributed by atoms with E-state index in [1.165, 1.54) is 64.2 Å². The van der Waals surface area contributed by atoms with Crippen molar-refractivity contribution in [2.24, 2.45) is 0 Å². The van der Waals surface area contributed by atoms with Gasteiger partial charge in [0.15, 0.2) is 0 Å². The van der Waals surface area contributed by atoms with Crippen molar-refractivity contribution in [3.05, 3.63) is 0 Å². The molecule has 1 rings (SSSR count). The van der Waals surface area contributed by atoms with Crippen LogP contribution in [0.5, 0.6) is 0 Å². The predicted molar refractivity (Wildman–Crippen MR) is 74.2 cm³/mol. The van der Waals surface area contributed by atoms with Gasteiger partial charge in [-0.15, -0.1) is 0 Å². The zero-order valence-electron chi connectivity index (χ0n) is 11.9. The van der Waals surface area contributed by atoms with Crippen molar-refractivity contribution in [3.8, 4) is 0 Å². The first-order valence-electron chi connectivity index (χ1n) is 7.60. The Kier molecular flexibility index (Phi) is 7.87. The van der Waals surface area contributed by atoms with Crippen LogP contribution < -0.4 is 5.32 Å². The fraction of sp³-hybridized carbons (Fsp3) is 1.00. The highest BCUT2D eigenvalue weighted by atomic mass is 16.5. The number of hydrogen-bond donors (Lipinski definition) is 1. The maximum absolute atomic E-state index is 5.38. The van der Waals surface area contributed by atoms with Crippen LogP contribution in [0.3, 0.4) is 0 Å². The van der Waals surface area contributed by atoms with E-state index in [1.807, 2.05) is 0 Å². The second kappa shape index (κ2) is 8.93. The standard InChI is InChI=1S/C15H31NO/c1-3-4-5-6-7-8-9-10-11-12-15(2)13-17-14-16-15/h16H,3-14H2,1-2H3. The summed E-state index contributed by atoms with van der Waals surface area (Å²) in [6.45, 7) is 6.20. The average Bonchev–Trinajstić information content (AvgIpc) is 2.74. The Labute approximate surface area is 108 Å². The molecule has 0 aromatic carbocycles. The molecular formula is C15H31NO. The van der Waals surface area contributed by atoms with E-state index in [-0.39, 0.29) is 5.54 Å². The van der Waals surface area contributed by atoms with Crippen LogP contribution in [0.25, 0.3) is 0 Å². The Balaban J connectivity index is 1.81. The van der Waals surface area contributed by atoms with Crippen LogP contribution in [0.2, 0.25) is 0 Å². The maximum Gasteiger partial charge on any atom is 0.0971 e. The van der Waals surface area contributed by atoms with Crippen LogP contribution in [0.15, 0.2) is 0 Å². The molecule has 0 amide bonds. The zero-order valence-corrected chi connectivity index (χ0v) is 11.9. The van der Waals surface area contributed by atoms with Crippen molar-refractivity contribution in [2.45, 2.75) is 83.6 Å². The van der Waals surface area contributed by atoms with Gasteiger partial charge in [0, 0.05) is 5.54 Å². The first-order chi connectivity index (χ1) is 8.27. The minimum absolute atomic E-state index is 0.265. The van der Waals surface area contributed by atoms with E-state index < -0.39 is 0 Å². The number of nitrogens with one attached hydrogen (secondary N) is 1. The molecule has 0 aliphatic carbocycles. The highest BCUT2D eigenvalue weighted by Crippen LogP contribution is 2.19. The Bertz CT molecular complexity index is 176. The van der Waals surface area contributed by atoms with Gasteiger partial charge >= 0.3 is 0 Å². The molecule has 0 aromatic rings. The smallest absolute Gasteiger partial charge is 0.0971 e. The van der Waals surface area contributed by atoms with Gasteiger partial charge in [0.2, 0.25) is 0 Å². The molecule has 17 heavy (non-hydrogen) atoms. The molecule has 0 radical (unpaired) electrons. The molecule has 102 valence electrons. The molecule has 2 nitrogen and oxygen atoms in total. The van der Waals surface area contributed by atoms with Crippen LogP contribution in [-0.2, 0) is 4.74 Å². The monoisotopic (exact) mass is 241 g/mol. The van der Waals surface area contributed by atoms with Crippen molar-refractivity contribution < 1.29 is 4.74 Å². The van der Waals surface area contributed by atoms with Crippen LogP contribution in [0.1, 0.15) is 78.1 Å². The Morgan fingerprint density at radius 1 is 0.941 bits per heavy atom. The van der Waals surface area contributed by atoms with Gasteiger partial charge in [-0.1, -0.05) is 64.7 Å². The second-order valence-electron chi connectivity index (χ2n) is 5.81. The van der Waals surface area contributed by atoms with Crippen LogP contribution in [0.4, 0.5) is 0 Å². The highest BCUT2D eigenvalue weighted by molar-refractivity contribution is 4.85. The fourth-order valence-electron chi connectivity index (χ4n) is 2.54. The SMILES string of the molecule is CCCCCCCCCCCC1(C)COCN1. The molecule has 1 unspecified atom stereocenters. The van der Waals surface area contributed by atoms with E-state index >= 15 is 0 Å². The molecular weight excluding hydrogens is 210 g/mol. The van der Waals surface area contributed by atoms with Crippen LogP contribution >= 0.6 is 0 Å². The van der Waals surface area contributed by atoms with Crippen molar-refractivity contribution in [3.63, 3.8) is 0 Å². The van der Waals surface area contributed by atoms with Gasteiger partial charge in [0.1, 0.15) is 0 Å². The summed E-state index contributed by atoms with van der Waals surface area (Å²) in [4.78, 5) is 0. The van der Waals surface area contributed by atoms with Gasteiger partial charge < -0.3 is 4.74 Å². The fourth-order valence-corrected chi connectivity index (χ4v) is 2.54. The molecule has 0 bridgehead atoms. The van der Waals surface area contributed by atoms with E-state index in [1.54, 1.807) is 0 Å². The summed E-state index contributed by atoms with van der Waals surface area (Å²) in [7, 11) is 0. The van der Waals surface area contributed by atoms with Gasteiger partial charge in [-0.3, -0.25) is 5.32 Å². The summed E-state index contributed by atoms with van der Waals surface area (Å²) in [5.41, 5.74) is 0.265. The van der Waals surface area contributed by atoms with Crippen molar-refractivity contribution >= 4 is 0 Å². The zero-order chi connectivity index (χ0) is 12.4. The predicted octanol–water partition coefficient (Wildman–Crippen LogP) is 4.24. The van der Waals surface area contributed by atoms with Crippen molar-refractivity contribution in [2.75, 3.05) is 13.3 Å². The summed E-state index contributed by atoms with van der Waals surface area (Å²) in [5.74, 6) is 0. The van der Waals surface area contributed by atoms with E-state index in [0.29, 0.717) is 0 Å². The first kappa shape index (κ1) is 15.0. The molecule has 0 spiro atoms. The summed E-state index contributed by atoms with van der Waals surface area (Å²) in [6.07, 6.45) is 14.0. The van der Waals surface area contributed by atoms with Crippen molar-refractivity contribution in [1.29, 1.82) is 0 Å². The summed E-state index contributed by atoms with van der Waals surface area (Å²) in [6, 6.07) is 0. The van der Waals surface area contributed by atoms with E-state index in [4.69, 9.17) is 4.74 Å². The van der Waals surface area contributed by atoms with E-state index in [9.17, 15) is 0 Å². The molecule has 2 heteroatoms. The topological polar surface area (TPSA) is 21.3 Å². The largest absolute Gasteiger partial charge is 0.364 e. The third-order valence-electron chi connectivity index (χ3n) is 3.85. The summed E-state index contributed by atoms with van der Waals surface area (Å²) < 4.78 is 5.38. The summed E-state index contributed by atoms with van der Waals surface area (Å²) >= 11 is 0. The Hall–Kier alpha value is -0.0800. The minimum Gasteiger partial charge on any atom is -0.364 e. The first-order valence-corrected chi connectivity index (χ1v) is 7.60. The molecule has 0 aromatic heterocycles. The molecule has 1 heterocycles. The summed E-state index contributed by atoms with van der Waals surface area (Å²) in [5, 5.41) is 3.44. The maximum atomic E-state index is 5.38. The number of rotatable bonds is 10. The van der Waals surface area contributed by atoms with Crippen LogP contribution in [0, 0.1) is 0 Å². The van der Waals surface area contributed by atoms with Gasteiger partial charge in [-0.05, 0) is 13.3 Å².